The fourth-order valence-electron chi connectivity index (χ4n) is 3.34. The minimum atomic E-state index is -0.520. The third kappa shape index (κ3) is 3.59. The third-order valence-electron chi connectivity index (χ3n) is 4.62. The highest BCUT2D eigenvalue weighted by molar-refractivity contribution is 7.14. The minimum absolute atomic E-state index is 0.0913. The number of thiophene rings is 1. The van der Waals surface area contributed by atoms with Crippen LogP contribution in [0.2, 0.25) is 0 Å². The lowest BCUT2D eigenvalue weighted by molar-refractivity contribution is 0.0711. The van der Waals surface area contributed by atoms with E-state index in [9.17, 15) is 9.59 Å². The average Bonchev–Trinajstić information content (AvgIpc) is 3.06. The molecule has 1 aliphatic heterocycles. The predicted octanol–water partition coefficient (Wildman–Crippen LogP) is 3.43. The predicted molar refractivity (Wildman–Crippen MR) is 100 cm³/mol. The van der Waals surface area contributed by atoms with Gasteiger partial charge in [-0.15, -0.1) is 11.3 Å². The summed E-state index contributed by atoms with van der Waals surface area (Å²) in [6, 6.07) is 11.4. The van der Waals surface area contributed by atoms with Gasteiger partial charge in [-0.05, 0) is 24.1 Å². The normalized spacial score (nSPS) is 16.5. The first kappa shape index (κ1) is 18.4. The van der Waals surface area contributed by atoms with Gasteiger partial charge in [-0.1, -0.05) is 44.2 Å². The molecule has 0 bridgehead atoms. The summed E-state index contributed by atoms with van der Waals surface area (Å²) in [5.41, 5.74) is 3.41. The standard InChI is InChI=1S/C19H23N3O3S/c1-12(13-7-5-4-6-8-13)20-18(24)22-10-14-9-15(17(23)21-25)26-16(14)19(2,3)11-22/h4-9,12,25H,10-11H2,1-3H3,(H,20,24)(H,21,23)/t12-/m1/s1. The Morgan fingerprint density at radius 2 is 1.96 bits per heavy atom. The SMILES string of the molecule is C[C@@H](NC(=O)N1Cc2cc(C(=O)NO)sc2C(C)(C)C1)c1ccccc1. The second kappa shape index (κ2) is 7.09. The Balaban J connectivity index is 1.77. The van der Waals surface area contributed by atoms with Crippen molar-refractivity contribution >= 4 is 23.3 Å². The van der Waals surface area contributed by atoms with Crippen molar-refractivity contribution in [1.29, 1.82) is 0 Å². The van der Waals surface area contributed by atoms with Gasteiger partial charge in [-0.2, -0.15) is 0 Å². The Bertz CT molecular complexity index is 817. The lowest BCUT2D eigenvalue weighted by Gasteiger charge is -2.38. The number of hydrogen-bond acceptors (Lipinski definition) is 4. The van der Waals surface area contributed by atoms with E-state index in [0.29, 0.717) is 18.0 Å². The summed E-state index contributed by atoms with van der Waals surface area (Å²) in [7, 11) is 0. The first-order chi connectivity index (χ1) is 12.3. The molecule has 0 fully saturated rings. The highest BCUT2D eigenvalue weighted by Crippen LogP contribution is 2.39. The van der Waals surface area contributed by atoms with Crippen molar-refractivity contribution in [2.24, 2.45) is 0 Å². The van der Waals surface area contributed by atoms with Crippen LogP contribution in [0.4, 0.5) is 4.79 Å². The molecule has 26 heavy (non-hydrogen) atoms. The number of rotatable bonds is 3. The van der Waals surface area contributed by atoms with Crippen LogP contribution in [0.25, 0.3) is 0 Å². The number of hydrogen-bond donors (Lipinski definition) is 3. The van der Waals surface area contributed by atoms with E-state index < -0.39 is 5.91 Å². The summed E-state index contributed by atoms with van der Waals surface area (Å²) in [4.78, 5) is 27.8. The lowest BCUT2D eigenvalue weighted by atomic mass is 9.85. The molecule has 0 spiro atoms. The van der Waals surface area contributed by atoms with Crippen LogP contribution in [0.5, 0.6) is 0 Å². The quantitative estimate of drug-likeness (QED) is 0.569. The molecule has 1 aromatic carbocycles. The second-order valence-electron chi connectivity index (χ2n) is 7.23. The first-order valence-electron chi connectivity index (χ1n) is 8.50. The molecular formula is C19H23N3O3S. The molecule has 7 heteroatoms. The average molecular weight is 373 g/mol. The molecule has 0 radical (unpaired) electrons. The van der Waals surface area contributed by atoms with Crippen LogP contribution in [-0.2, 0) is 12.0 Å². The van der Waals surface area contributed by atoms with Gasteiger partial charge < -0.3 is 10.2 Å². The number of carbonyl (C=O) groups excluding carboxylic acids is 2. The molecule has 2 heterocycles. The summed E-state index contributed by atoms with van der Waals surface area (Å²) in [5.74, 6) is -0.520. The first-order valence-corrected chi connectivity index (χ1v) is 9.31. The van der Waals surface area contributed by atoms with Gasteiger partial charge in [0.05, 0.1) is 10.9 Å². The van der Waals surface area contributed by atoms with E-state index in [0.717, 1.165) is 16.0 Å². The molecule has 1 aliphatic rings. The van der Waals surface area contributed by atoms with Gasteiger partial charge in [-0.25, -0.2) is 10.3 Å². The Labute approximate surface area is 156 Å². The lowest BCUT2D eigenvalue weighted by Crippen LogP contribution is -2.48. The smallest absolute Gasteiger partial charge is 0.318 e. The molecule has 3 N–H and O–H groups in total. The van der Waals surface area contributed by atoms with Gasteiger partial charge in [0.1, 0.15) is 0 Å². The van der Waals surface area contributed by atoms with E-state index in [1.165, 1.54) is 11.3 Å². The van der Waals surface area contributed by atoms with Crippen LogP contribution in [0.1, 0.15) is 52.5 Å². The molecule has 3 rings (SSSR count). The highest BCUT2D eigenvalue weighted by Gasteiger charge is 2.36. The van der Waals surface area contributed by atoms with Crippen LogP contribution in [0.3, 0.4) is 0 Å². The maximum absolute atomic E-state index is 12.8. The van der Waals surface area contributed by atoms with Crippen molar-refractivity contribution in [3.63, 3.8) is 0 Å². The van der Waals surface area contributed by atoms with Crippen molar-refractivity contribution in [1.82, 2.24) is 15.7 Å². The molecule has 3 amide bonds. The summed E-state index contributed by atoms with van der Waals surface area (Å²) in [6.07, 6.45) is 0. The molecular weight excluding hydrogens is 350 g/mol. The van der Waals surface area contributed by atoms with E-state index in [4.69, 9.17) is 5.21 Å². The van der Waals surface area contributed by atoms with Crippen molar-refractivity contribution in [3.8, 4) is 0 Å². The largest absolute Gasteiger partial charge is 0.331 e. The van der Waals surface area contributed by atoms with Crippen LogP contribution in [0, 0.1) is 0 Å². The van der Waals surface area contributed by atoms with Gasteiger partial charge in [0.15, 0.2) is 0 Å². The van der Waals surface area contributed by atoms with E-state index in [1.807, 2.05) is 37.3 Å². The zero-order valence-electron chi connectivity index (χ0n) is 15.1. The zero-order valence-corrected chi connectivity index (χ0v) is 15.9. The second-order valence-corrected chi connectivity index (χ2v) is 8.28. The zero-order chi connectivity index (χ0) is 18.9. The van der Waals surface area contributed by atoms with Gasteiger partial charge >= 0.3 is 6.03 Å². The number of nitrogens with one attached hydrogen (secondary N) is 2. The maximum Gasteiger partial charge on any atom is 0.318 e. The van der Waals surface area contributed by atoms with E-state index in [-0.39, 0.29) is 17.5 Å². The Morgan fingerprint density at radius 1 is 1.27 bits per heavy atom. The monoisotopic (exact) mass is 373 g/mol. The van der Waals surface area contributed by atoms with Crippen molar-refractivity contribution in [3.05, 3.63) is 57.3 Å². The molecule has 1 atom stereocenters. The van der Waals surface area contributed by atoms with Crippen LogP contribution < -0.4 is 10.8 Å². The summed E-state index contributed by atoms with van der Waals surface area (Å²) in [5, 5.41) is 11.9. The van der Waals surface area contributed by atoms with Gasteiger partial charge in [0.25, 0.3) is 5.91 Å². The van der Waals surface area contributed by atoms with Crippen LogP contribution in [-0.4, -0.2) is 28.6 Å². The Morgan fingerprint density at radius 3 is 2.62 bits per heavy atom. The number of benzene rings is 1. The Hall–Kier alpha value is -2.38. The van der Waals surface area contributed by atoms with Crippen molar-refractivity contribution in [2.75, 3.05) is 6.54 Å². The number of urea groups is 1. The fraction of sp³-hybridized carbons (Fsp3) is 0.368. The van der Waals surface area contributed by atoms with Crippen molar-refractivity contribution < 1.29 is 14.8 Å². The van der Waals surface area contributed by atoms with Crippen LogP contribution in [0.15, 0.2) is 36.4 Å². The Kier molecular flexibility index (Phi) is 5.02. The fourth-order valence-corrected chi connectivity index (χ4v) is 4.50. The third-order valence-corrected chi connectivity index (χ3v) is 6.17. The van der Waals surface area contributed by atoms with Crippen molar-refractivity contribution in [2.45, 2.75) is 38.8 Å². The molecule has 0 unspecified atom stereocenters. The molecule has 1 aromatic heterocycles. The summed E-state index contributed by atoms with van der Waals surface area (Å²) >= 11 is 1.37. The minimum Gasteiger partial charge on any atom is -0.331 e. The van der Waals surface area contributed by atoms with Gasteiger partial charge in [-0.3, -0.25) is 10.0 Å². The van der Waals surface area contributed by atoms with E-state index >= 15 is 0 Å². The number of amides is 3. The van der Waals surface area contributed by atoms with Gasteiger partial charge in [0, 0.05) is 23.4 Å². The number of fused-ring (bicyclic) bond motifs is 1. The summed E-state index contributed by atoms with van der Waals surface area (Å²) < 4.78 is 0. The molecule has 0 saturated carbocycles. The number of nitrogens with zero attached hydrogens (tertiary/aromatic N) is 1. The highest BCUT2D eigenvalue weighted by atomic mass is 32.1. The topological polar surface area (TPSA) is 81.7 Å². The molecule has 0 saturated heterocycles. The molecule has 138 valence electrons. The molecule has 0 aliphatic carbocycles. The van der Waals surface area contributed by atoms with E-state index in [1.54, 1.807) is 16.4 Å². The summed E-state index contributed by atoms with van der Waals surface area (Å²) in [6.45, 7) is 7.09. The maximum atomic E-state index is 12.8. The molecule has 6 nitrogen and oxygen atoms in total. The number of carbonyl (C=O) groups is 2. The van der Waals surface area contributed by atoms with Crippen LogP contribution >= 0.6 is 11.3 Å². The molecule has 2 aromatic rings. The van der Waals surface area contributed by atoms with Gasteiger partial charge in [0.2, 0.25) is 0 Å². The van der Waals surface area contributed by atoms with E-state index in [2.05, 4.69) is 19.2 Å². The number of hydroxylamine groups is 1.